The van der Waals surface area contributed by atoms with Gasteiger partial charge in [0, 0.05) is 0 Å². The fraction of sp³-hybridized carbons (Fsp3) is 1.00. The Bertz CT molecular complexity index is 136. The quantitative estimate of drug-likeness (QED) is 0.687. The molecule has 0 aromatic rings. The van der Waals surface area contributed by atoms with E-state index in [0.29, 0.717) is 0 Å². The average Bonchev–Trinajstić information content (AvgIpc) is 2.51. The van der Waals surface area contributed by atoms with E-state index in [2.05, 4.69) is 0 Å². The highest BCUT2D eigenvalue weighted by Gasteiger charge is 2.31. The van der Waals surface area contributed by atoms with Crippen LogP contribution in [0.1, 0.15) is 44.9 Å². The molecule has 0 saturated heterocycles. The third-order valence-electron chi connectivity index (χ3n) is 3.99. The first-order chi connectivity index (χ1) is 5.90. The summed E-state index contributed by atoms with van der Waals surface area (Å²) in [5, 5.41) is 0. The van der Waals surface area contributed by atoms with E-state index in [1.54, 1.807) is 0 Å². The standard InChI is InChI=1S/C11H21N/c12-8-11-6-5-10(11)7-9-3-1-2-4-9/h9-11H,1-8,12H2. The molecule has 2 aliphatic carbocycles. The smallest absolute Gasteiger partial charge is 0.00462 e. The normalized spacial score (nSPS) is 36.8. The molecule has 0 bridgehead atoms. The van der Waals surface area contributed by atoms with Crippen LogP contribution in [0, 0.1) is 17.8 Å². The molecule has 70 valence electrons. The van der Waals surface area contributed by atoms with Crippen molar-refractivity contribution in [3.8, 4) is 0 Å². The average molecular weight is 167 g/mol. The molecule has 0 radical (unpaired) electrons. The fourth-order valence-corrected chi connectivity index (χ4v) is 2.93. The second kappa shape index (κ2) is 3.78. The van der Waals surface area contributed by atoms with Crippen molar-refractivity contribution in [2.24, 2.45) is 23.5 Å². The molecule has 0 heterocycles. The molecular weight excluding hydrogens is 146 g/mol. The van der Waals surface area contributed by atoms with Crippen molar-refractivity contribution in [2.45, 2.75) is 44.9 Å². The lowest BCUT2D eigenvalue weighted by molar-refractivity contribution is 0.147. The highest BCUT2D eigenvalue weighted by molar-refractivity contribution is 4.84. The van der Waals surface area contributed by atoms with Crippen LogP contribution in [0.3, 0.4) is 0 Å². The van der Waals surface area contributed by atoms with Crippen molar-refractivity contribution in [3.63, 3.8) is 0 Å². The predicted octanol–water partition coefficient (Wildman–Crippen LogP) is 2.55. The molecule has 0 amide bonds. The maximum Gasteiger partial charge on any atom is -0.00462 e. The van der Waals surface area contributed by atoms with E-state index >= 15 is 0 Å². The van der Waals surface area contributed by atoms with E-state index in [1.165, 1.54) is 44.9 Å². The number of rotatable bonds is 3. The van der Waals surface area contributed by atoms with Gasteiger partial charge in [0.25, 0.3) is 0 Å². The van der Waals surface area contributed by atoms with Gasteiger partial charge in [0.1, 0.15) is 0 Å². The maximum atomic E-state index is 5.70. The van der Waals surface area contributed by atoms with Crippen LogP contribution in [-0.4, -0.2) is 6.54 Å². The van der Waals surface area contributed by atoms with Crippen LogP contribution in [0.2, 0.25) is 0 Å². The first-order valence-electron chi connectivity index (χ1n) is 5.60. The summed E-state index contributed by atoms with van der Waals surface area (Å²) >= 11 is 0. The van der Waals surface area contributed by atoms with Crippen molar-refractivity contribution in [1.29, 1.82) is 0 Å². The minimum Gasteiger partial charge on any atom is -0.330 e. The van der Waals surface area contributed by atoms with E-state index in [0.717, 1.165) is 24.3 Å². The molecule has 0 aliphatic heterocycles. The monoisotopic (exact) mass is 167 g/mol. The van der Waals surface area contributed by atoms with Gasteiger partial charge in [0.15, 0.2) is 0 Å². The summed E-state index contributed by atoms with van der Waals surface area (Å²) in [7, 11) is 0. The van der Waals surface area contributed by atoms with Gasteiger partial charge in [0.2, 0.25) is 0 Å². The summed E-state index contributed by atoms with van der Waals surface area (Å²) in [6.45, 7) is 0.942. The zero-order chi connectivity index (χ0) is 8.39. The van der Waals surface area contributed by atoms with Gasteiger partial charge >= 0.3 is 0 Å². The number of nitrogens with two attached hydrogens (primary N) is 1. The van der Waals surface area contributed by atoms with Crippen LogP contribution in [-0.2, 0) is 0 Å². The van der Waals surface area contributed by atoms with Crippen molar-refractivity contribution in [1.82, 2.24) is 0 Å². The summed E-state index contributed by atoms with van der Waals surface area (Å²) in [6, 6.07) is 0. The second-order valence-electron chi connectivity index (χ2n) is 4.72. The molecule has 2 aliphatic rings. The maximum absolute atomic E-state index is 5.70. The summed E-state index contributed by atoms with van der Waals surface area (Å²) in [4.78, 5) is 0. The van der Waals surface area contributed by atoms with Gasteiger partial charge in [-0.1, -0.05) is 25.7 Å². The Labute approximate surface area is 75.7 Å². The Morgan fingerprint density at radius 3 is 2.08 bits per heavy atom. The van der Waals surface area contributed by atoms with Crippen LogP contribution in [0.5, 0.6) is 0 Å². The van der Waals surface area contributed by atoms with Crippen molar-refractivity contribution in [2.75, 3.05) is 6.54 Å². The Hall–Kier alpha value is -0.0400. The molecule has 1 heteroatoms. The molecule has 2 fully saturated rings. The lowest BCUT2D eigenvalue weighted by Crippen LogP contribution is -2.33. The van der Waals surface area contributed by atoms with Gasteiger partial charge in [-0.25, -0.2) is 0 Å². The summed E-state index contributed by atoms with van der Waals surface area (Å²) in [6.07, 6.45) is 10.4. The van der Waals surface area contributed by atoms with Gasteiger partial charge in [0.05, 0.1) is 0 Å². The van der Waals surface area contributed by atoms with Crippen molar-refractivity contribution >= 4 is 0 Å². The van der Waals surface area contributed by atoms with Gasteiger partial charge in [-0.15, -0.1) is 0 Å². The second-order valence-corrected chi connectivity index (χ2v) is 4.72. The van der Waals surface area contributed by atoms with Gasteiger partial charge in [-0.2, -0.15) is 0 Å². The van der Waals surface area contributed by atoms with Crippen LogP contribution in [0.25, 0.3) is 0 Å². The van der Waals surface area contributed by atoms with Crippen LogP contribution < -0.4 is 5.73 Å². The van der Waals surface area contributed by atoms with Crippen LogP contribution >= 0.6 is 0 Å². The van der Waals surface area contributed by atoms with E-state index in [9.17, 15) is 0 Å². The van der Waals surface area contributed by atoms with Crippen LogP contribution in [0.15, 0.2) is 0 Å². The van der Waals surface area contributed by atoms with E-state index in [-0.39, 0.29) is 0 Å². The molecule has 1 nitrogen and oxygen atoms in total. The van der Waals surface area contributed by atoms with Gasteiger partial charge in [-0.05, 0) is 43.6 Å². The molecule has 2 N–H and O–H groups in total. The summed E-state index contributed by atoms with van der Waals surface area (Å²) < 4.78 is 0. The third kappa shape index (κ3) is 1.66. The molecule has 0 spiro atoms. The zero-order valence-electron chi connectivity index (χ0n) is 7.97. The molecule has 2 unspecified atom stereocenters. The molecular formula is C11H21N. The zero-order valence-corrected chi connectivity index (χ0v) is 7.97. The fourth-order valence-electron chi connectivity index (χ4n) is 2.93. The Kier molecular flexibility index (Phi) is 2.69. The number of hydrogen-bond acceptors (Lipinski definition) is 1. The first-order valence-corrected chi connectivity index (χ1v) is 5.60. The molecule has 2 rings (SSSR count). The van der Waals surface area contributed by atoms with Crippen molar-refractivity contribution < 1.29 is 0 Å². The molecule has 2 atom stereocenters. The third-order valence-corrected chi connectivity index (χ3v) is 3.99. The minimum absolute atomic E-state index is 0.894. The Morgan fingerprint density at radius 2 is 1.58 bits per heavy atom. The van der Waals surface area contributed by atoms with Gasteiger partial charge < -0.3 is 5.73 Å². The SMILES string of the molecule is NCC1CCC1CC1CCCC1. The predicted molar refractivity (Wildman–Crippen MR) is 51.8 cm³/mol. The Morgan fingerprint density at radius 1 is 0.917 bits per heavy atom. The molecule has 2 saturated carbocycles. The van der Waals surface area contributed by atoms with E-state index < -0.39 is 0 Å². The lowest BCUT2D eigenvalue weighted by atomic mass is 9.69. The van der Waals surface area contributed by atoms with E-state index in [1.807, 2.05) is 0 Å². The number of hydrogen-bond donors (Lipinski definition) is 1. The van der Waals surface area contributed by atoms with E-state index in [4.69, 9.17) is 5.73 Å². The van der Waals surface area contributed by atoms with Crippen LogP contribution in [0.4, 0.5) is 0 Å². The summed E-state index contributed by atoms with van der Waals surface area (Å²) in [5.74, 6) is 2.98. The largest absolute Gasteiger partial charge is 0.330 e. The highest BCUT2D eigenvalue weighted by Crippen LogP contribution is 2.41. The van der Waals surface area contributed by atoms with Gasteiger partial charge in [-0.3, -0.25) is 0 Å². The van der Waals surface area contributed by atoms with Crippen molar-refractivity contribution in [3.05, 3.63) is 0 Å². The summed E-state index contributed by atoms with van der Waals surface area (Å²) in [5.41, 5.74) is 5.70. The minimum atomic E-state index is 0.894. The molecule has 0 aromatic heterocycles. The molecule has 0 aromatic carbocycles. The molecule has 12 heavy (non-hydrogen) atoms. The highest BCUT2D eigenvalue weighted by atomic mass is 14.6. The first kappa shape index (κ1) is 8.55. The topological polar surface area (TPSA) is 26.0 Å². The lowest BCUT2D eigenvalue weighted by Gasteiger charge is -2.37. The Balaban J connectivity index is 1.71.